The summed E-state index contributed by atoms with van der Waals surface area (Å²) >= 11 is 8.49. The molecule has 98 valence electrons. The number of nitrogen functional groups attached to an aromatic ring is 1. The lowest BCUT2D eigenvalue weighted by Gasteiger charge is -2.09. The summed E-state index contributed by atoms with van der Waals surface area (Å²) in [6.45, 7) is 0. The number of nitrogens with two attached hydrogens (primary N) is 1. The van der Waals surface area contributed by atoms with E-state index in [0.717, 1.165) is 14.8 Å². The van der Waals surface area contributed by atoms with Crippen LogP contribution in [-0.4, -0.2) is 9.55 Å². The number of hydrogen-bond acceptors (Lipinski definition) is 3. The van der Waals surface area contributed by atoms with Crippen molar-refractivity contribution in [2.24, 2.45) is 0 Å². The van der Waals surface area contributed by atoms with Crippen molar-refractivity contribution in [2.45, 2.75) is 0 Å². The minimum Gasteiger partial charge on any atom is -0.369 e. The predicted octanol–water partition coefficient (Wildman–Crippen LogP) is 3.74. The summed E-state index contributed by atoms with van der Waals surface area (Å²) in [6.07, 6.45) is 0. The number of imidazole rings is 1. The number of anilines is 1. The monoisotopic (exact) mass is 394 g/mol. The first-order valence-electron chi connectivity index (χ1n) is 5.74. The van der Waals surface area contributed by atoms with E-state index >= 15 is 0 Å². The Kier molecular flexibility index (Phi) is 3.28. The SMILES string of the molecule is N#Cc1cccc2c1nc(N)n2-c1ccc(I)cc1Cl. The third-order valence-electron chi connectivity index (χ3n) is 2.98. The highest BCUT2D eigenvalue weighted by Gasteiger charge is 2.14. The van der Waals surface area contributed by atoms with Crippen molar-refractivity contribution < 1.29 is 0 Å². The molecular formula is C14H8ClIN4. The number of aromatic nitrogens is 2. The number of nitrogens with zero attached hydrogens (tertiary/aromatic N) is 3. The summed E-state index contributed by atoms with van der Waals surface area (Å²) in [4.78, 5) is 4.28. The fourth-order valence-corrected chi connectivity index (χ4v) is 3.06. The summed E-state index contributed by atoms with van der Waals surface area (Å²) < 4.78 is 2.80. The molecule has 0 amide bonds. The summed E-state index contributed by atoms with van der Waals surface area (Å²) in [5.74, 6) is 0.311. The van der Waals surface area contributed by atoms with Crippen LogP contribution in [0.3, 0.4) is 0 Å². The average Bonchev–Trinajstić information content (AvgIpc) is 2.75. The zero-order valence-corrected chi connectivity index (χ0v) is 13.1. The van der Waals surface area contributed by atoms with Gasteiger partial charge in [0, 0.05) is 3.57 Å². The van der Waals surface area contributed by atoms with Crippen LogP contribution < -0.4 is 5.73 Å². The molecule has 20 heavy (non-hydrogen) atoms. The van der Waals surface area contributed by atoms with Gasteiger partial charge in [0.1, 0.15) is 11.6 Å². The molecular weight excluding hydrogens is 387 g/mol. The Bertz CT molecular complexity index is 863. The van der Waals surface area contributed by atoms with Crippen molar-refractivity contribution in [3.05, 3.63) is 50.6 Å². The average molecular weight is 395 g/mol. The van der Waals surface area contributed by atoms with Crippen LogP contribution in [0.25, 0.3) is 16.7 Å². The number of benzene rings is 2. The fourth-order valence-electron chi connectivity index (χ4n) is 2.12. The molecule has 0 aliphatic heterocycles. The van der Waals surface area contributed by atoms with E-state index in [4.69, 9.17) is 22.6 Å². The summed E-state index contributed by atoms with van der Waals surface area (Å²) in [5, 5.41) is 9.72. The summed E-state index contributed by atoms with van der Waals surface area (Å²) in [6, 6.07) is 13.2. The van der Waals surface area contributed by atoms with E-state index in [1.807, 2.05) is 24.3 Å². The Morgan fingerprint density at radius 2 is 2.10 bits per heavy atom. The first-order valence-corrected chi connectivity index (χ1v) is 7.20. The van der Waals surface area contributed by atoms with E-state index in [1.165, 1.54) is 0 Å². The van der Waals surface area contributed by atoms with Crippen LogP contribution in [0.1, 0.15) is 5.56 Å². The summed E-state index contributed by atoms with van der Waals surface area (Å²) in [7, 11) is 0. The molecule has 0 aliphatic rings. The molecule has 0 atom stereocenters. The van der Waals surface area contributed by atoms with E-state index in [2.05, 4.69) is 33.6 Å². The van der Waals surface area contributed by atoms with Crippen LogP contribution >= 0.6 is 34.2 Å². The smallest absolute Gasteiger partial charge is 0.206 e. The van der Waals surface area contributed by atoms with Crippen LogP contribution in [0.5, 0.6) is 0 Å². The number of hydrogen-bond donors (Lipinski definition) is 1. The van der Waals surface area contributed by atoms with Crippen LogP contribution in [0.2, 0.25) is 5.02 Å². The molecule has 1 heterocycles. The van der Waals surface area contributed by atoms with Gasteiger partial charge in [-0.05, 0) is 52.9 Å². The molecule has 0 spiro atoms. The molecule has 2 N–H and O–H groups in total. The molecule has 6 heteroatoms. The third kappa shape index (κ3) is 2.01. The van der Waals surface area contributed by atoms with Crippen LogP contribution in [-0.2, 0) is 0 Å². The van der Waals surface area contributed by atoms with Crippen molar-refractivity contribution in [1.82, 2.24) is 9.55 Å². The normalized spacial score (nSPS) is 10.7. The van der Waals surface area contributed by atoms with Crippen molar-refractivity contribution in [3.63, 3.8) is 0 Å². The summed E-state index contributed by atoms with van der Waals surface area (Å²) in [5.41, 5.74) is 8.60. The number of nitriles is 1. The molecule has 0 saturated carbocycles. The van der Waals surface area contributed by atoms with Gasteiger partial charge in [0.15, 0.2) is 0 Å². The number of para-hydroxylation sites is 1. The van der Waals surface area contributed by atoms with E-state index in [9.17, 15) is 0 Å². The largest absolute Gasteiger partial charge is 0.369 e. The Morgan fingerprint density at radius 1 is 1.30 bits per heavy atom. The highest BCUT2D eigenvalue weighted by Crippen LogP contribution is 2.30. The molecule has 2 aromatic carbocycles. The van der Waals surface area contributed by atoms with Gasteiger partial charge in [-0.15, -0.1) is 0 Å². The molecule has 1 aromatic heterocycles. The first-order chi connectivity index (χ1) is 9.61. The molecule has 0 saturated heterocycles. The van der Waals surface area contributed by atoms with E-state index in [-0.39, 0.29) is 0 Å². The van der Waals surface area contributed by atoms with Gasteiger partial charge in [-0.25, -0.2) is 4.98 Å². The second-order valence-electron chi connectivity index (χ2n) is 4.19. The fraction of sp³-hybridized carbons (Fsp3) is 0. The maximum absolute atomic E-state index is 9.13. The maximum atomic E-state index is 9.13. The molecule has 3 aromatic rings. The Hall–Kier alpha value is -1.78. The highest BCUT2D eigenvalue weighted by atomic mass is 127. The molecule has 0 aliphatic carbocycles. The van der Waals surface area contributed by atoms with Gasteiger partial charge in [-0.2, -0.15) is 5.26 Å². The molecule has 4 nitrogen and oxygen atoms in total. The topological polar surface area (TPSA) is 67.6 Å². The van der Waals surface area contributed by atoms with Gasteiger partial charge < -0.3 is 5.73 Å². The highest BCUT2D eigenvalue weighted by molar-refractivity contribution is 14.1. The van der Waals surface area contributed by atoms with Gasteiger partial charge in [0.25, 0.3) is 0 Å². The van der Waals surface area contributed by atoms with Crippen molar-refractivity contribution in [1.29, 1.82) is 5.26 Å². The Balaban J connectivity index is 2.37. The Morgan fingerprint density at radius 3 is 2.80 bits per heavy atom. The molecule has 0 fully saturated rings. The molecule has 3 rings (SSSR count). The predicted molar refractivity (Wildman–Crippen MR) is 87.9 cm³/mol. The zero-order chi connectivity index (χ0) is 14.3. The number of rotatable bonds is 1. The lowest BCUT2D eigenvalue weighted by molar-refractivity contribution is 1.11. The van der Waals surface area contributed by atoms with Gasteiger partial charge in [-0.1, -0.05) is 17.7 Å². The van der Waals surface area contributed by atoms with Crippen molar-refractivity contribution >= 4 is 51.2 Å². The second-order valence-corrected chi connectivity index (χ2v) is 5.84. The first kappa shape index (κ1) is 13.2. The van der Waals surface area contributed by atoms with Crippen LogP contribution in [0.4, 0.5) is 5.95 Å². The minimum atomic E-state index is 0.311. The van der Waals surface area contributed by atoms with Crippen molar-refractivity contribution in [2.75, 3.05) is 5.73 Å². The van der Waals surface area contributed by atoms with Crippen molar-refractivity contribution in [3.8, 4) is 11.8 Å². The standard InChI is InChI=1S/C14H8ClIN4/c15-10-6-9(16)4-5-11(10)20-12-3-1-2-8(7-17)13(12)19-14(20)18/h1-6H,(H2,18,19). The minimum absolute atomic E-state index is 0.311. The van der Waals surface area contributed by atoms with Crippen LogP contribution in [0, 0.1) is 14.9 Å². The number of halogens is 2. The number of fused-ring (bicyclic) bond motifs is 1. The lowest BCUT2D eigenvalue weighted by Crippen LogP contribution is -2.01. The zero-order valence-electron chi connectivity index (χ0n) is 10.1. The lowest BCUT2D eigenvalue weighted by atomic mass is 10.2. The van der Waals surface area contributed by atoms with Gasteiger partial charge in [0.2, 0.25) is 5.95 Å². The maximum Gasteiger partial charge on any atom is 0.206 e. The van der Waals surface area contributed by atoms with E-state index in [1.54, 1.807) is 16.7 Å². The molecule has 0 bridgehead atoms. The Labute approximate surface area is 133 Å². The molecule has 0 unspecified atom stereocenters. The van der Waals surface area contributed by atoms with Gasteiger partial charge in [0.05, 0.1) is 21.8 Å². The van der Waals surface area contributed by atoms with Crippen LogP contribution in [0.15, 0.2) is 36.4 Å². The van der Waals surface area contributed by atoms with Gasteiger partial charge in [-0.3, -0.25) is 4.57 Å². The van der Waals surface area contributed by atoms with Gasteiger partial charge >= 0.3 is 0 Å². The third-order valence-corrected chi connectivity index (χ3v) is 3.96. The second kappa shape index (κ2) is 4.96. The van der Waals surface area contributed by atoms with E-state index in [0.29, 0.717) is 22.1 Å². The quantitative estimate of drug-likeness (QED) is 0.639. The molecule has 0 radical (unpaired) electrons. The van der Waals surface area contributed by atoms with E-state index < -0.39 is 0 Å².